The third-order valence-electron chi connectivity index (χ3n) is 2.07. The molecule has 0 atom stereocenters. The smallest absolute Gasteiger partial charge is 0.253 e. The van der Waals surface area contributed by atoms with Crippen molar-refractivity contribution in [2.75, 3.05) is 12.9 Å². The quantitative estimate of drug-likeness (QED) is 0.455. The Labute approximate surface area is 113 Å². The van der Waals surface area contributed by atoms with Crippen LogP contribution in [0.1, 0.15) is 20.8 Å². The van der Waals surface area contributed by atoms with Crippen LogP contribution in [0.15, 0.2) is 35.1 Å². The van der Waals surface area contributed by atoms with Gasteiger partial charge in [0.2, 0.25) is 5.91 Å². The second-order valence-corrected chi connectivity index (χ2v) is 4.01. The molecule has 0 unspecified atom stereocenters. The summed E-state index contributed by atoms with van der Waals surface area (Å²) in [6.45, 7) is 5.46. The predicted octanol–water partition coefficient (Wildman–Crippen LogP) is 1.88. The summed E-state index contributed by atoms with van der Waals surface area (Å²) in [7, 11) is 1.54. The Morgan fingerprint density at radius 2 is 1.89 bits per heavy atom. The summed E-state index contributed by atoms with van der Waals surface area (Å²) in [5, 5.41) is 5.17. The molecule has 0 aromatic carbocycles. The summed E-state index contributed by atoms with van der Waals surface area (Å²) >= 11 is 5.45. The molecule has 5 heteroatoms. The van der Waals surface area contributed by atoms with E-state index in [1.54, 1.807) is 39.1 Å². The van der Waals surface area contributed by atoms with E-state index < -0.39 is 0 Å². The summed E-state index contributed by atoms with van der Waals surface area (Å²) in [6.07, 6.45) is 5.22. The van der Waals surface area contributed by atoms with Crippen molar-refractivity contribution in [3.8, 4) is 0 Å². The highest BCUT2D eigenvalue weighted by Gasteiger charge is 2.16. The summed E-state index contributed by atoms with van der Waals surface area (Å²) in [6, 6.07) is 0. The number of hydrogen-bond donors (Lipinski definition) is 2. The standard InChI is InChI=1S/C13H19ClN2O2/c1-5-6-7-10(16-11(17)8-14)12(9(2)3)13(18)15-4/h5-7H,8H2,1-4H3,(H,15,18)(H,16,17)/b6-5-,10-7+. The van der Waals surface area contributed by atoms with Crippen molar-refractivity contribution >= 4 is 23.4 Å². The lowest BCUT2D eigenvalue weighted by molar-refractivity contribution is -0.118. The molecule has 0 heterocycles. The number of halogens is 1. The van der Waals surface area contributed by atoms with E-state index in [-0.39, 0.29) is 17.7 Å². The number of hydrogen-bond acceptors (Lipinski definition) is 2. The lowest BCUT2D eigenvalue weighted by Gasteiger charge is -2.13. The number of alkyl halides is 1. The predicted molar refractivity (Wildman–Crippen MR) is 74.2 cm³/mol. The molecule has 0 saturated heterocycles. The normalized spacial score (nSPS) is 11.3. The van der Waals surface area contributed by atoms with Gasteiger partial charge in [0.05, 0.1) is 11.3 Å². The highest BCUT2D eigenvalue weighted by atomic mass is 35.5. The van der Waals surface area contributed by atoms with E-state index in [4.69, 9.17) is 11.6 Å². The number of carbonyl (C=O) groups excluding carboxylic acids is 2. The van der Waals surface area contributed by atoms with Crippen molar-refractivity contribution in [3.05, 3.63) is 35.1 Å². The van der Waals surface area contributed by atoms with E-state index in [0.717, 1.165) is 5.57 Å². The lowest BCUT2D eigenvalue weighted by Crippen LogP contribution is -2.31. The molecule has 0 rings (SSSR count). The molecular formula is C13H19ClN2O2. The maximum absolute atomic E-state index is 11.8. The molecule has 0 aliphatic rings. The van der Waals surface area contributed by atoms with Crippen LogP contribution in [0.3, 0.4) is 0 Å². The van der Waals surface area contributed by atoms with Gasteiger partial charge in [-0.2, -0.15) is 0 Å². The van der Waals surface area contributed by atoms with Gasteiger partial charge in [0.1, 0.15) is 5.88 Å². The van der Waals surface area contributed by atoms with E-state index in [0.29, 0.717) is 11.3 Å². The Morgan fingerprint density at radius 1 is 1.28 bits per heavy atom. The van der Waals surface area contributed by atoms with Gasteiger partial charge in [0.15, 0.2) is 0 Å². The van der Waals surface area contributed by atoms with Gasteiger partial charge in [-0.3, -0.25) is 9.59 Å². The van der Waals surface area contributed by atoms with Crippen LogP contribution >= 0.6 is 11.6 Å². The molecule has 0 radical (unpaired) electrons. The lowest BCUT2D eigenvalue weighted by atomic mass is 10.1. The molecule has 0 aromatic heterocycles. The molecule has 4 nitrogen and oxygen atoms in total. The fourth-order valence-electron chi connectivity index (χ4n) is 1.31. The average Bonchev–Trinajstić information content (AvgIpc) is 2.34. The molecule has 18 heavy (non-hydrogen) atoms. The fourth-order valence-corrected chi connectivity index (χ4v) is 1.37. The number of amides is 2. The molecule has 0 bridgehead atoms. The summed E-state index contributed by atoms with van der Waals surface area (Å²) < 4.78 is 0. The van der Waals surface area contributed by atoms with Crippen molar-refractivity contribution < 1.29 is 9.59 Å². The molecule has 0 aromatic rings. The minimum Gasteiger partial charge on any atom is -0.355 e. The first kappa shape index (κ1) is 16.4. The molecule has 0 aliphatic heterocycles. The topological polar surface area (TPSA) is 58.2 Å². The SMILES string of the molecule is C/C=C\C=C(\NC(=O)CCl)C(C(=O)NC)=C(C)C. The Morgan fingerprint density at radius 3 is 2.28 bits per heavy atom. The number of nitrogens with one attached hydrogen (secondary N) is 2. The van der Waals surface area contributed by atoms with E-state index >= 15 is 0 Å². The fraction of sp³-hybridized carbons (Fsp3) is 0.385. The van der Waals surface area contributed by atoms with Crippen LogP contribution in [0, 0.1) is 0 Å². The van der Waals surface area contributed by atoms with E-state index in [1.807, 2.05) is 6.92 Å². The van der Waals surface area contributed by atoms with Crippen molar-refractivity contribution in [2.24, 2.45) is 0 Å². The van der Waals surface area contributed by atoms with Crippen molar-refractivity contribution in [3.63, 3.8) is 0 Å². The number of allylic oxidation sites excluding steroid dienone is 4. The summed E-state index contributed by atoms with van der Waals surface area (Å²) in [5.41, 5.74) is 1.69. The van der Waals surface area contributed by atoms with Gasteiger partial charge in [-0.05, 0) is 26.8 Å². The third kappa shape index (κ3) is 5.19. The first-order valence-electron chi connectivity index (χ1n) is 5.56. The summed E-state index contributed by atoms with van der Waals surface area (Å²) in [5.74, 6) is -0.757. The molecule has 2 N–H and O–H groups in total. The second-order valence-electron chi connectivity index (χ2n) is 3.74. The molecule has 0 fully saturated rings. The second kappa shape index (κ2) is 8.53. The first-order valence-corrected chi connectivity index (χ1v) is 6.10. The monoisotopic (exact) mass is 270 g/mol. The minimum atomic E-state index is -0.352. The highest BCUT2D eigenvalue weighted by Crippen LogP contribution is 2.13. The summed E-state index contributed by atoms with van der Waals surface area (Å²) in [4.78, 5) is 23.2. The number of carbonyl (C=O) groups is 2. The van der Waals surface area contributed by atoms with Gasteiger partial charge in [-0.15, -0.1) is 11.6 Å². The van der Waals surface area contributed by atoms with E-state index in [1.165, 1.54) is 0 Å². The average molecular weight is 271 g/mol. The van der Waals surface area contributed by atoms with Crippen LogP contribution in [0.4, 0.5) is 0 Å². The van der Waals surface area contributed by atoms with Crippen LogP contribution < -0.4 is 10.6 Å². The molecular weight excluding hydrogens is 252 g/mol. The van der Waals surface area contributed by atoms with E-state index in [9.17, 15) is 9.59 Å². The molecule has 2 amide bonds. The van der Waals surface area contributed by atoms with Crippen molar-refractivity contribution in [1.29, 1.82) is 0 Å². The molecule has 100 valence electrons. The Hall–Kier alpha value is -1.55. The Balaban J connectivity index is 5.47. The molecule has 0 saturated carbocycles. The first-order chi connectivity index (χ1) is 8.47. The number of rotatable bonds is 5. The van der Waals surface area contributed by atoms with Gasteiger partial charge < -0.3 is 10.6 Å². The van der Waals surface area contributed by atoms with E-state index in [2.05, 4.69) is 10.6 Å². The maximum Gasteiger partial charge on any atom is 0.253 e. The largest absolute Gasteiger partial charge is 0.355 e. The van der Waals surface area contributed by atoms with Crippen LogP contribution in [-0.4, -0.2) is 24.7 Å². The van der Waals surface area contributed by atoms with Crippen LogP contribution in [0.25, 0.3) is 0 Å². The van der Waals surface area contributed by atoms with Gasteiger partial charge in [0, 0.05) is 7.05 Å². The van der Waals surface area contributed by atoms with Crippen molar-refractivity contribution in [2.45, 2.75) is 20.8 Å². The highest BCUT2D eigenvalue weighted by molar-refractivity contribution is 6.27. The zero-order chi connectivity index (χ0) is 14.1. The Bertz CT molecular complexity index is 405. The molecule has 0 spiro atoms. The van der Waals surface area contributed by atoms with Crippen LogP contribution in [0.5, 0.6) is 0 Å². The molecule has 0 aliphatic carbocycles. The van der Waals surface area contributed by atoms with Gasteiger partial charge in [-0.1, -0.05) is 17.7 Å². The minimum absolute atomic E-state index is 0.156. The zero-order valence-electron chi connectivity index (χ0n) is 11.1. The zero-order valence-corrected chi connectivity index (χ0v) is 11.9. The Kier molecular flexibility index (Phi) is 7.79. The van der Waals surface area contributed by atoms with Crippen molar-refractivity contribution in [1.82, 2.24) is 10.6 Å². The maximum atomic E-state index is 11.8. The van der Waals surface area contributed by atoms with Gasteiger partial charge in [0.25, 0.3) is 5.91 Å². The van der Waals surface area contributed by atoms with Crippen LogP contribution in [0.2, 0.25) is 0 Å². The van der Waals surface area contributed by atoms with Crippen LogP contribution in [-0.2, 0) is 9.59 Å². The number of likely N-dealkylation sites (N-methyl/N-ethyl adjacent to an activating group) is 1. The van der Waals surface area contributed by atoms with Gasteiger partial charge in [-0.25, -0.2) is 0 Å². The third-order valence-corrected chi connectivity index (χ3v) is 2.32. The van der Waals surface area contributed by atoms with Gasteiger partial charge >= 0.3 is 0 Å².